The second-order valence-electron chi connectivity index (χ2n) is 4.14. The van der Waals surface area contributed by atoms with Gasteiger partial charge in [0.05, 0.1) is 12.1 Å². The first-order valence-electron chi connectivity index (χ1n) is 5.98. The van der Waals surface area contributed by atoms with Crippen LogP contribution in [0.15, 0.2) is 18.3 Å². The summed E-state index contributed by atoms with van der Waals surface area (Å²) < 4.78 is 0. The number of carboxylic acid groups (broad SMARTS) is 1. The Hall–Kier alpha value is -1.91. The van der Waals surface area contributed by atoms with Crippen molar-refractivity contribution in [1.82, 2.24) is 10.3 Å². The van der Waals surface area contributed by atoms with Gasteiger partial charge in [-0.3, -0.25) is 14.6 Å². The molecule has 0 unspecified atom stereocenters. The molecule has 0 aliphatic carbocycles. The molecule has 1 aromatic heterocycles. The normalized spacial score (nSPS) is 10.1. The van der Waals surface area contributed by atoms with Crippen LogP contribution in [0.1, 0.15) is 30.5 Å². The average molecular weight is 250 g/mol. The van der Waals surface area contributed by atoms with Crippen molar-refractivity contribution in [3.05, 3.63) is 29.6 Å². The number of nitrogens with zero attached hydrogens (tertiary/aromatic N) is 1. The van der Waals surface area contributed by atoms with Crippen molar-refractivity contribution in [3.63, 3.8) is 0 Å². The van der Waals surface area contributed by atoms with Crippen molar-refractivity contribution < 1.29 is 14.7 Å². The second-order valence-corrected chi connectivity index (χ2v) is 4.14. The molecule has 0 aromatic carbocycles. The first-order valence-corrected chi connectivity index (χ1v) is 5.98. The minimum Gasteiger partial charge on any atom is -0.481 e. The van der Waals surface area contributed by atoms with Gasteiger partial charge in [0.2, 0.25) is 5.91 Å². The lowest BCUT2D eigenvalue weighted by molar-refractivity contribution is -0.137. The Labute approximate surface area is 106 Å². The van der Waals surface area contributed by atoms with Crippen molar-refractivity contribution in [3.8, 4) is 0 Å². The Morgan fingerprint density at radius 3 is 2.83 bits per heavy atom. The van der Waals surface area contributed by atoms with Crippen LogP contribution in [0.2, 0.25) is 0 Å². The number of aliphatic carboxylic acids is 1. The molecule has 0 saturated heterocycles. The lowest BCUT2D eigenvalue weighted by Gasteiger charge is -2.06. The second kappa shape index (κ2) is 7.42. The highest BCUT2D eigenvalue weighted by Crippen LogP contribution is 2.03. The summed E-state index contributed by atoms with van der Waals surface area (Å²) in [7, 11) is 0. The monoisotopic (exact) mass is 250 g/mol. The smallest absolute Gasteiger partial charge is 0.303 e. The van der Waals surface area contributed by atoms with Crippen molar-refractivity contribution in [2.45, 2.75) is 32.6 Å². The van der Waals surface area contributed by atoms with E-state index in [0.29, 0.717) is 19.4 Å². The first-order chi connectivity index (χ1) is 8.59. The number of aryl methyl sites for hydroxylation is 1. The number of amides is 1. The molecule has 1 heterocycles. The van der Waals surface area contributed by atoms with Gasteiger partial charge in [-0.25, -0.2) is 0 Å². The zero-order valence-corrected chi connectivity index (χ0v) is 10.5. The van der Waals surface area contributed by atoms with Gasteiger partial charge in [-0.1, -0.05) is 6.07 Å². The van der Waals surface area contributed by atoms with Crippen LogP contribution in [0.4, 0.5) is 0 Å². The van der Waals surface area contributed by atoms with E-state index in [2.05, 4.69) is 10.3 Å². The first kappa shape index (κ1) is 14.2. The number of aromatic nitrogens is 1. The molecule has 0 radical (unpaired) electrons. The van der Waals surface area contributed by atoms with Gasteiger partial charge in [-0.05, 0) is 31.4 Å². The summed E-state index contributed by atoms with van der Waals surface area (Å²) in [6, 6.07) is 3.76. The Balaban J connectivity index is 2.22. The summed E-state index contributed by atoms with van der Waals surface area (Å²) in [5.41, 5.74) is 1.78. The van der Waals surface area contributed by atoms with E-state index in [1.54, 1.807) is 6.20 Å². The number of hydrogen-bond donors (Lipinski definition) is 2. The molecule has 5 nitrogen and oxygen atoms in total. The number of carbonyl (C=O) groups is 2. The Kier molecular flexibility index (Phi) is 5.84. The highest BCUT2D eigenvalue weighted by atomic mass is 16.4. The van der Waals surface area contributed by atoms with Gasteiger partial charge in [0.1, 0.15) is 0 Å². The molecule has 0 saturated carbocycles. The predicted octanol–water partition coefficient (Wildman–Crippen LogP) is 1.30. The summed E-state index contributed by atoms with van der Waals surface area (Å²) >= 11 is 0. The van der Waals surface area contributed by atoms with E-state index in [-0.39, 0.29) is 18.7 Å². The highest BCUT2D eigenvalue weighted by Gasteiger charge is 2.06. The highest BCUT2D eigenvalue weighted by molar-refractivity contribution is 5.78. The minimum atomic E-state index is -0.801. The maximum atomic E-state index is 11.6. The van der Waals surface area contributed by atoms with Crippen molar-refractivity contribution in [2.24, 2.45) is 0 Å². The summed E-state index contributed by atoms with van der Waals surface area (Å²) in [6.45, 7) is 2.43. The van der Waals surface area contributed by atoms with Crippen LogP contribution in [0, 0.1) is 6.92 Å². The maximum Gasteiger partial charge on any atom is 0.303 e. The molecular formula is C13H18N2O3. The fourth-order valence-corrected chi connectivity index (χ4v) is 1.55. The van der Waals surface area contributed by atoms with E-state index in [1.807, 2.05) is 19.1 Å². The molecule has 98 valence electrons. The van der Waals surface area contributed by atoms with E-state index in [0.717, 1.165) is 11.3 Å². The predicted molar refractivity (Wildman–Crippen MR) is 67.2 cm³/mol. The topological polar surface area (TPSA) is 79.3 Å². The van der Waals surface area contributed by atoms with E-state index >= 15 is 0 Å². The lowest BCUT2D eigenvalue weighted by Crippen LogP contribution is -2.26. The Morgan fingerprint density at radius 1 is 1.39 bits per heavy atom. The molecule has 0 spiro atoms. The molecule has 18 heavy (non-hydrogen) atoms. The van der Waals surface area contributed by atoms with Crippen LogP contribution in [0.3, 0.4) is 0 Å². The average Bonchev–Trinajstić information content (AvgIpc) is 2.31. The number of carboxylic acids is 1. The SMILES string of the molecule is Cc1cccnc1CC(=O)NCCCCC(=O)O. The molecule has 0 fully saturated rings. The lowest BCUT2D eigenvalue weighted by atomic mass is 10.1. The van der Waals surface area contributed by atoms with E-state index in [4.69, 9.17) is 5.11 Å². The molecular weight excluding hydrogens is 232 g/mol. The molecule has 0 bridgehead atoms. The summed E-state index contributed by atoms with van der Waals surface area (Å²) in [5.74, 6) is -0.877. The van der Waals surface area contributed by atoms with Gasteiger partial charge in [-0.15, -0.1) is 0 Å². The molecule has 0 aliphatic heterocycles. The van der Waals surface area contributed by atoms with Crippen LogP contribution in [-0.2, 0) is 16.0 Å². The van der Waals surface area contributed by atoms with Gasteiger partial charge < -0.3 is 10.4 Å². The van der Waals surface area contributed by atoms with Crippen molar-refractivity contribution in [2.75, 3.05) is 6.54 Å². The van der Waals surface area contributed by atoms with Crippen LogP contribution in [-0.4, -0.2) is 28.5 Å². The van der Waals surface area contributed by atoms with E-state index in [9.17, 15) is 9.59 Å². The molecule has 2 N–H and O–H groups in total. The minimum absolute atomic E-state index is 0.0767. The maximum absolute atomic E-state index is 11.6. The number of nitrogens with one attached hydrogen (secondary N) is 1. The zero-order valence-electron chi connectivity index (χ0n) is 10.5. The van der Waals surface area contributed by atoms with Gasteiger partial charge in [0.15, 0.2) is 0 Å². The number of carbonyl (C=O) groups excluding carboxylic acids is 1. The molecule has 0 aliphatic rings. The van der Waals surface area contributed by atoms with Crippen molar-refractivity contribution in [1.29, 1.82) is 0 Å². The Morgan fingerprint density at radius 2 is 2.17 bits per heavy atom. The Bertz CT molecular complexity index is 418. The van der Waals surface area contributed by atoms with E-state index in [1.165, 1.54) is 0 Å². The summed E-state index contributed by atoms with van der Waals surface area (Å²) in [4.78, 5) is 26.0. The zero-order chi connectivity index (χ0) is 13.4. The van der Waals surface area contributed by atoms with Gasteiger partial charge in [0, 0.05) is 19.2 Å². The third-order valence-corrected chi connectivity index (χ3v) is 2.59. The molecule has 5 heteroatoms. The summed E-state index contributed by atoms with van der Waals surface area (Å²) in [5, 5.41) is 11.2. The van der Waals surface area contributed by atoms with Crippen LogP contribution >= 0.6 is 0 Å². The van der Waals surface area contributed by atoms with Crippen LogP contribution in [0.25, 0.3) is 0 Å². The largest absolute Gasteiger partial charge is 0.481 e. The molecule has 0 atom stereocenters. The van der Waals surface area contributed by atoms with Crippen LogP contribution in [0.5, 0.6) is 0 Å². The third kappa shape index (κ3) is 5.43. The summed E-state index contributed by atoms with van der Waals surface area (Å²) in [6.07, 6.45) is 3.35. The standard InChI is InChI=1S/C13H18N2O3/c1-10-5-4-8-14-11(10)9-12(16)15-7-3-2-6-13(17)18/h4-5,8H,2-3,6-7,9H2,1H3,(H,15,16)(H,17,18). The molecule has 1 rings (SSSR count). The van der Waals surface area contributed by atoms with Gasteiger partial charge >= 0.3 is 5.97 Å². The number of pyridine rings is 1. The van der Waals surface area contributed by atoms with E-state index < -0.39 is 5.97 Å². The van der Waals surface area contributed by atoms with Gasteiger partial charge in [0.25, 0.3) is 0 Å². The third-order valence-electron chi connectivity index (χ3n) is 2.59. The molecule has 1 amide bonds. The van der Waals surface area contributed by atoms with Gasteiger partial charge in [-0.2, -0.15) is 0 Å². The van der Waals surface area contributed by atoms with Crippen molar-refractivity contribution >= 4 is 11.9 Å². The fraction of sp³-hybridized carbons (Fsp3) is 0.462. The van der Waals surface area contributed by atoms with Crippen LogP contribution < -0.4 is 5.32 Å². The molecule has 1 aromatic rings. The number of unbranched alkanes of at least 4 members (excludes halogenated alkanes) is 1. The number of rotatable bonds is 7. The number of hydrogen-bond acceptors (Lipinski definition) is 3. The quantitative estimate of drug-likeness (QED) is 0.715. The fourth-order valence-electron chi connectivity index (χ4n) is 1.55.